The maximum absolute atomic E-state index is 12.6. The summed E-state index contributed by atoms with van der Waals surface area (Å²) in [5.41, 5.74) is 2.95. The van der Waals surface area contributed by atoms with Gasteiger partial charge in [-0.2, -0.15) is 0 Å². The number of hydrogen-bond donors (Lipinski definition) is 2. The highest BCUT2D eigenvalue weighted by Crippen LogP contribution is 2.21. The molecule has 0 unspecified atom stereocenters. The van der Waals surface area contributed by atoms with Crippen LogP contribution in [0.4, 0.5) is 5.69 Å². The zero-order chi connectivity index (χ0) is 17.6. The number of nitrogens with zero attached hydrogens (tertiary/aromatic N) is 3. The topological polar surface area (TPSA) is 81.1 Å². The average Bonchev–Trinajstić information content (AvgIpc) is 3.02. The van der Waals surface area contributed by atoms with Crippen molar-refractivity contribution >= 4 is 11.6 Å². The van der Waals surface area contributed by atoms with E-state index in [4.69, 9.17) is 4.74 Å². The summed E-state index contributed by atoms with van der Waals surface area (Å²) < 4.78 is 7.30. The van der Waals surface area contributed by atoms with Crippen LogP contribution in [0, 0.1) is 6.92 Å². The minimum atomic E-state index is -0.230. The van der Waals surface area contributed by atoms with Gasteiger partial charge in [-0.25, -0.2) is 4.68 Å². The highest BCUT2D eigenvalue weighted by molar-refractivity contribution is 6.03. The van der Waals surface area contributed by atoms with Crippen LogP contribution in [0.5, 0.6) is 0 Å². The number of carbonyl (C=O) groups is 1. The number of rotatable bonds is 6. The molecular weight excluding hydrogens is 318 g/mol. The van der Waals surface area contributed by atoms with Crippen molar-refractivity contribution < 1.29 is 9.53 Å². The monoisotopic (exact) mass is 343 g/mol. The molecule has 0 radical (unpaired) electrons. The zero-order valence-corrected chi connectivity index (χ0v) is 14.8. The van der Waals surface area contributed by atoms with Gasteiger partial charge in [-0.05, 0) is 57.5 Å². The fourth-order valence-electron chi connectivity index (χ4n) is 3.10. The Labute approximate surface area is 147 Å². The Morgan fingerprint density at radius 2 is 2.20 bits per heavy atom. The van der Waals surface area contributed by atoms with Crippen LogP contribution in [0.15, 0.2) is 24.3 Å². The predicted octanol–water partition coefficient (Wildman–Crippen LogP) is 2.30. The number of aromatic nitrogens is 3. The second kappa shape index (κ2) is 8.22. The van der Waals surface area contributed by atoms with Crippen LogP contribution in [0.2, 0.25) is 0 Å². The third-order valence-corrected chi connectivity index (χ3v) is 4.45. The van der Waals surface area contributed by atoms with Crippen LogP contribution in [0.3, 0.4) is 0 Å². The summed E-state index contributed by atoms with van der Waals surface area (Å²) >= 11 is 0. The van der Waals surface area contributed by atoms with Gasteiger partial charge in [0, 0.05) is 12.3 Å². The largest absolute Gasteiger partial charge is 0.377 e. The van der Waals surface area contributed by atoms with Crippen LogP contribution in [0.25, 0.3) is 0 Å². The summed E-state index contributed by atoms with van der Waals surface area (Å²) in [6, 6.07) is 7.97. The molecule has 1 aromatic carbocycles. The first-order chi connectivity index (χ1) is 12.2. The maximum atomic E-state index is 12.6. The number of piperidine rings is 1. The van der Waals surface area contributed by atoms with E-state index in [2.05, 4.69) is 20.9 Å². The van der Waals surface area contributed by atoms with Crippen LogP contribution >= 0.6 is 0 Å². The smallest absolute Gasteiger partial charge is 0.278 e. The summed E-state index contributed by atoms with van der Waals surface area (Å²) in [5.74, 6) is -0.230. The molecule has 134 valence electrons. The first kappa shape index (κ1) is 17.6. The van der Waals surface area contributed by atoms with E-state index >= 15 is 0 Å². The van der Waals surface area contributed by atoms with Crippen LogP contribution in [-0.2, 0) is 11.3 Å². The lowest BCUT2D eigenvalue weighted by Gasteiger charge is -2.23. The molecule has 2 heterocycles. The van der Waals surface area contributed by atoms with Crippen LogP contribution in [-0.4, -0.2) is 40.6 Å². The lowest BCUT2D eigenvalue weighted by molar-refractivity contribution is 0.102. The predicted molar refractivity (Wildman–Crippen MR) is 95.6 cm³/mol. The number of amides is 1. The molecular formula is C18H25N5O2. The second-order valence-electron chi connectivity index (χ2n) is 6.24. The van der Waals surface area contributed by atoms with Crippen molar-refractivity contribution in [2.24, 2.45) is 0 Å². The molecule has 0 atom stereocenters. The van der Waals surface area contributed by atoms with Crippen molar-refractivity contribution in [2.45, 2.75) is 39.3 Å². The van der Waals surface area contributed by atoms with Crippen LogP contribution in [0.1, 0.15) is 47.6 Å². The molecule has 1 aliphatic heterocycles. The summed E-state index contributed by atoms with van der Waals surface area (Å²) in [6.07, 6.45) is 2.01. The number of ether oxygens (including phenoxy) is 1. The Morgan fingerprint density at radius 1 is 1.40 bits per heavy atom. The molecule has 0 spiro atoms. The van der Waals surface area contributed by atoms with E-state index in [0.717, 1.165) is 42.9 Å². The minimum absolute atomic E-state index is 0.230. The molecule has 2 N–H and O–H groups in total. The van der Waals surface area contributed by atoms with Gasteiger partial charge in [0.1, 0.15) is 0 Å². The Kier molecular flexibility index (Phi) is 5.78. The molecule has 0 aliphatic carbocycles. The van der Waals surface area contributed by atoms with Crippen molar-refractivity contribution in [1.82, 2.24) is 20.3 Å². The zero-order valence-electron chi connectivity index (χ0n) is 14.8. The fourth-order valence-corrected chi connectivity index (χ4v) is 3.10. The lowest BCUT2D eigenvalue weighted by Crippen LogP contribution is -2.30. The van der Waals surface area contributed by atoms with E-state index < -0.39 is 0 Å². The van der Waals surface area contributed by atoms with Gasteiger partial charge >= 0.3 is 0 Å². The van der Waals surface area contributed by atoms with Crippen molar-refractivity contribution in [3.8, 4) is 0 Å². The van der Waals surface area contributed by atoms with Gasteiger partial charge in [0.2, 0.25) is 0 Å². The van der Waals surface area contributed by atoms with E-state index in [0.29, 0.717) is 24.9 Å². The molecule has 0 saturated carbocycles. The molecule has 7 nitrogen and oxygen atoms in total. The SMILES string of the molecule is CCOCc1cccc(NC(=O)c2nnn(C3CCNCC3)c2C)c1. The van der Waals surface area contributed by atoms with Crippen molar-refractivity contribution in [3.63, 3.8) is 0 Å². The minimum Gasteiger partial charge on any atom is -0.377 e. The Hall–Kier alpha value is -2.25. The molecule has 1 saturated heterocycles. The molecule has 3 rings (SSSR count). The van der Waals surface area contributed by atoms with E-state index in [9.17, 15) is 4.79 Å². The molecule has 2 aromatic rings. The van der Waals surface area contributed by atoms with E-state index in [1.54, 1.807) is 0 Å². The standard InChI is InChI=1S/C18H25N5O2/c1-3-25-12-14-5-4-6-15(11-14)20-18(24)17-13(2)23(22-21-17)16-7-9-19-10-8-16/h4-6,11,16,19H,3,7-10,12H2,1-2H3,(H,20,24). The number of benzene rings is 1. The summed E-state index contributed by atoms with van der Waals surface area (Å²) in [7, 11) is 0. The van der Waals surface area contributed by atoms with E-state index in [-0.39, 0.29) is 5.91 Å². The highest BCUT2D eigenvalue weighted by atomic mass is 16.5. The average molecular weight is 343 g/mol. The Morgan fingerprint density at radius 3 is 2.96 bits per heavy atom. The van der Waals surface area contributed by atoms with Gasteiger partial charge in [-0.3, -0.25) is 4.79 Å². The molecule has 1 aromatic heterocycles. The van der Waals surface area contributed by atoms with Crippen molar-refractivity contribution in [1.29, 1.82) is 0 Å². The fraction of sp³-hybridized carbons (Fsp3) is 0.500. The quantitative estimate of drug-likeness (QED) is 0.841. The number of hydrogen-bond acceptors (Lipinski definition) is 5. The van der Waals surface area contributed by atoms with Gasteiger partial charge in [-0.1, -0.05) is 17.3 Å². The molecule has 7 heteroatoms. The van der Waals surface area contributed by atoms with Gasteiger partial charge in [0.15, 0.2) is 5.69 Å². The van der Waals surface area contributed by atoms with E-state index in [1.807, 2.05) is 42.8 Å². The Balaban J connectivity index is 1.70. The van der Waals surface area contributed by atoms with Gasteiger partial charge < -0.3 is 15.4 Å². The number of nitrogens with one attached hydrogen (secondary N) is 2. The molecule has 0 bridgehead atoms. The summed E-state index contributed by atoms with van der Waals surface area (Å²) in [4.78, 5) is 12.6. The first-order valence-corrected chi connectivity index (χ1v) is 8.79. The molecule has 1 amide bonds. The normalized spacial score (nSPS) is 15.3. The second-order valence-corrected chi connectivity index (χ2v) is 6.24. The summed E-state index contributed by atoms with van der Waals surface area (Å²) in [5, 5.41) is 14.6. The number of carbonyl (C=O) groups excluding carboxylic acids is 1. The van der Waals surface area contributed by atoms with Crippen molar-refractivity contribution in [3.05, 3.63) is 41.2 Å². The van der Waals surface area contributed by atoms with E-state index in [1.165, 1.54) is 0 Å². The highest BCUT2D eigenvalue weighted by Gasteiger charge is 2.22. The third kappa shape index (κ3) is 4.24. The Bertz CT molecular complexity index is 722. The summed E-state index contributed by atoms with van der Waals surface area (Å²) in [6.45, 7) is 7.00. The van der Waals surface area contributed by atoms with Crippen molar-refractivity contribution in [2.75, 3.05) is 25.0 Å². The van der Waals surface area contributed by atoms with Gasteiger partial charge in [0.25, 0.3) is 5.91 Å². The van der Waals surface area contributed by atoms with Gasteiger partial charge in [0.05, 0.1) is 18.3 Å². The lowest BCUT2D eigenvalue weighted by atomic mass is 10.1. The van der Waals surface area contributed by atoms with Crippen LogP contribution < -0.4 is 10.6 Å². The van der Waals surface area contributed by atoms with Gasteiger partial charge in [-0.15, -0.1) is 5.10 Å². The molecule has 1 fully saturated rings. The molecule has 25 heavy (non-hydrogen) atoms. The third-order valence-electron chi connectivity index (χ3n) is 4.45. The maximum Gasteiger partial charge on any atom is 0.278 e. The molecule has 1 aliphatic rings. The number of anilines is 1. The first-order valence-electron chi connectivity index (χ1n) is 8.79.